The first-order valence-electron chi connectivity index (χ1n) is 7.48. The van der Waals surface area contributed by atoms with Gasteiger partial charge in [0, 0.05) is 6.54 Å². The fraction of sp³-hybridized carbons (Fsp3) is 0.714. The highest BCUT2D eigenvalue weighted by molar-refractivity contribution is 5.99. The molecule has 116 valence electrons. The van der Waals surface area contributed by atoms with Gasteiger partial charge < -0.3 is 10.2 Å². The SMILES string of the molecule is CCn1ncnc1CN1C(=O)C(CC)(CC)NC(=O)C1C. The third kappa shape index (κ3) is 2.52. The molecule has 21 heavy (non-hydrogen) atoms. The summed E-state index contributed by atoms with van der Waals surface area (Å²) in [4.78, 5) is 30.9. The summed E-state index contributed by atoms with van der Waals surface area (Å²) < 4.78 is 1.74. The molecule has 1 atom stereocenters. The smallest absolute Gasteiger partial charge is 0.249 e. The third-order valence-electron chi connectivity index (χ3n) is 4.39. The number of aromatic nitrogens is 3. The number of nitrogens with one attached hydrogen (secondary N) is 1. The van der Waals surface area contributed by atoms with Gasteiger partial charge in [0.05, 0.1) is 6.54 Å². The lowest BCUT2D eigenvalue weighted by molar-refractivity contribution is -0.155. The molecule has 1 aromatic heterocycles. The van der Waals surface area contributed by atoms with Crippen LogP contribution in [0.2, 0.25) is 0 Å². The molecule has 1 saturated heterocycles. The van der Waals surface area contributed by atoms with Gasteiger partial charge in [-0.2, -0.15) is 5.10 Å². The number of hydrogen-bond donors (Lipinski definition) is 1. The van der Waals surface area contributed by atoms with Crippen molar-refractivity contribution in [3.05, 3.63) is 12.2 Å². The molecule has 0 aromatic carbocycles. The van der Waals surface area contributed by atoms with Crippen LogP contribution in [0.15, 0.2) is 6.33 Å². The van der Waals surface area contributed by atoms with Crippen LogP contribution < -0.4 is 5.32 Å². The maximum absolute atomic E-state index is 12.8. The Kier molecular flexibility index (Phi) is 4.29. The van der Waals surface area contributed by atoms with Gasteiger partial charge in [0.2, 0.25) is 11.8 Å². The van der Waals surface area contributed by atoms with Crippen LogP contribution in [0.4, 0.5) is 0 Å². The highest BCUT2D eigenvalue weighted by Crippen LogP contribution is 2.26. The molecule has 0 radical (unpaired) electrons. The summed E-state index contributed by atoms with van der Waals surface area (Å²) in [6.45, 7) is 8.55. The van der Waals surface area contributed by atoms with Gasteiger partial charge >= 0.3 is 0 Å². The predicted octanol–water partition coefficient (Wildman–Crippen LogP) is 0.704. The molecule has 2 amide bonds. The molecule has 7 nitrogen and oxygen atoms in total. The minimum atomic E-state index is -0.791. The molecule has 0 aliphatic carbocycles. The van der Waals surface area contributed by atoms with Gasteiger partial charge in [-0.15, -0.1) is 0 Å². The normalized spacial score (nSPS) is 21.5. The number of rotatable bonds is 5. The minimum Gasteiger partial charge on any atom is -0.340 e. The Labute approximate surface area is 124 Å². The Hall–Kier alpha value is -1.92. The zero-order chi connectivity index (χ0) is 15.6. The average molecular weight is 293 g/mol. The van der Waals surface area contributed by atoms with Crippen molar-refractivity contribution in [2.75, 3.05) is 0 Å². The van der Waals surface area contributed by atoms with E-state index in [1.54, 1.807) is 16.5 Å². The highest BCUT2D eigenvalue weighted by Gasteiger charge is 2.47. The number of aryl methyl sites for hydroxylation is 1. The summed E-state index contributed by atoms with van der Waals surface area (Å²) in [7, 11) is 0. The Bertz CT molecular complexity index is 535. The molecule has 1 aromatic rings. The molecule has 1 N–H and O–H groups in total. The summed E-state index contributed by atoms with van der Waals surface area (Å²) in [5.41, 5.74) is -0.791. The molecule has 0 spiro atoms. The van der Waals surface area contributed by atoms with Crippen LogP contribution in [0.25, 0.3) is 0 Å². The first-order valence-corrected chi connectivity index (χ1v) is 7.48. The second-order valence-electron chi connectivity index (χ2n) is 5.38. The number of amides is 2. The van der Waals surface area contributed by atoms with Crippen molar-refractivity contribution in [3.63, 3.8) is 0 Å². The quantitative estimate of drug-likeness (QED) is 0.867. The molecule has 0 saturated carbocycles. The Morgan fingerprint density at radius 1 is 1.29 bits per heavy atom. The summed E-state index contributed by atoms with van der Waals surface area (Å²) >= 11 is 0. The van der Waals surface area contributed by atoms with Crippen molar-refractivity contribution in [1.82, 2.24) is 25.0 Å². The minimum absolute atomic E-state index is 0.0368. The van der Waals surface area contributed by atoms with E-state index < -0.39 is 11.6 Å². The summed E-state index contributed by atoms with van der Waals surface area (Å²) in [5.74, 6) is 0.555. The van der Waals surface area contributed by atoms with E-state index in [2.05, 4.69) is 15.4 Å². The average Bonchev–Trinajstić information content (AvgIpc) is 2.95. The molecule has 1 aliphatic heterocycles. The lowest BCUT2D eigenvalue weighted by atomic mass is 9.87. The topological polar surface area (TPSA) is 80.1 Å². The highest BCUT2D eigenvalue weighted by atomic mass is 16.2. The molecule has 0 bridgehead atoms. The first-order chi connectivity index (χ1) is 9.99. The second-order valence-corrected chi connectivity index (χ2v) is 5.38. The summed E-state index contributed by atoms with van der Waals surface area (Å²) in [6, 6.07) is -0.495. The van der Waals surface area contributed by atoms with Crippen LogP contribution in [-0.2, 0) is 22.7 Å². The standard InChI is InChI=1S/C14H23N5O2/c1-5-14(6-2)13(21)18(10(4)12(20)17-14)8-11-15-9-16-19(11)7-3/h9-10H,5-8H2,1-4H3,(H,17,20). The van der Waals surface area contributed by atoms with E-state index in [4.69, 9.17) is 0 Å². The fourth-order valence-corrected chi connectivity index (χ4v) is 2.75. The van der Waals surface area contributed by atoms with Crippen LogP contribution in [0.3, 0.4) is 0 Å². The Balaban J connectivity index is 2.31. The summed E-state index contributed by atoms with van der Waals surface area (Å²) in [6.07, 6.45) is 2.64. The lowest BCUT2D eigenvalue weighted by Gasteiger charge is -2.44. The van der Waals surface area contributed by atoms with Gasteiger partial charge in [0.25, 0.3) is 0 Å². The van der Waals surface area contributed by atoms with Crippen LogP contribution in [-0.4, -0.2) is 43.1 Å². The third-order valence-corrected chi connectivity index (χ3v) is 4.39. The van der Waals surface area contributed by atoms with Gasteiger partial charge in [-0.05, 0) is 26.7 Å². The number of piperazine rings is 1. The van der Waals surface area contributed by atoms with E-state index in [1.165, 1.54) is 6.33 Å². The van der Waals surface area contributed by atoms with Crippen LogP contribution >= 0.6 is 0 Å². The number of carbonyl (C=O) groups excluding carboxylic acids is 2. The fourth-order valence-electron chi connectivity index (χ4n) is 2.75. The van der Waals surface area contributed by atoms with E-state index in [1.807, 2.05) is 20.8 Å². The molecule has 2 heterocycles. The molecule has 2 rings (SSSR count). The first kappa shape index (κ1) is 15.5. The summed E-state index contributed by atoms with van der Waals surface area (Å²) in [5, 5.41) is 7.01. The zero-order valence-electron chi connectivity index (χ0n) is 13.1. The number of nitrogens with zero attached hydrogens (tertiary/aromatic N) is 4. The zero-order valence-corrected chi connectivity index (χ0v) is 13.1. The number of carbonyl (C=O) groups is 2. The van der Waals surface area contributed by atoms with Crippen molar-refractivity contribution < 1.29 is 9.59 Å². The molecule has 1 aliphatic rings. The van der Waals surface area contributed by atoms with Gasteiger partial charge in [-0.1, -0.05) is 13.8 Å². The molecule has 7 heteroatoms. The largest absolute Gasteiger partial charge is 0.340 e. The second kappa shape index (κ2) is 5.83. The van der Waals surface area contributed by atoms with Gasteiger partial charge in [0.1, 0.15) is 23.7 Å². The van der Waals surface area contributed by atoms with Crippen LogP contribution in [0.1, 0.15) is 46.4 Å². The van der Waals surface area contributed by atoms with E-state index in [9.17, 15) is 9.59 Å². The van der Waals surface area contributed by atoms with Crippen molar-refractivity contribution in [2.24, 2.45) is 0 Å². The van der Waals surface area contributed by atoms with Crippen molar-refractivity contribution in [1.29, 1.82) is 0 Å². The van der Waals surface area contributed by atoms with Crippen molar-refractivity contribution in [3.8, 4) is 0 Å². The van der Waals surface area contributed by atoms with Crippen LogP contribution in [0, 0.1) is 0 Å². The lowest BCUT2D eigenvalue weighted by Crippen LogP contribution is -2.69. The van der Waals surface area contributed by atoms with E-state index in [-0.39, 0.29) is 11.8 Å². The molecule has 1 unspecified atom stereocenters. The van der Waals surface area contributed by atoms with Gasteiger partial charge in [-0.3, -0.25) is 9.59 Å². The molecular formula is C14H23N5O2. The maximum Gasteiger partial charge on any atom is 0.249 e. The van der Waals surface area contributed by atoms with Crippen LogP contribution in [0.5, 0.6) is 0 Å². The van der Waals surface area contributed by atoms with Crippen molar-refractivity contribution >= 4 is 11.8 Å². The van der Waals surface area contributed by atoms with Gasteiger partial charge in [-0.25, -0.2) is 9.67 Å². The number of hydrogen-bond acceptors (Lipinski definition) is 4. The van der Waals surface area contributed by atoms with Gasteiger partial charge in [0.15, 0.2) is 0 Å². The molecule has 1 fully saturated rings. The Morgan fingerprint density at radius 3 is 2.52 bits per heavy atom. The van der Waals surface area contributed by atoms with E-state index in [0.29, 0.717) is 31.8 Å². The Morgan fingerprint density at radius 2 is 1.95 bits per heavy atom. The monoisotopic (exact) mass is 293 g/mol. The molecular weight excluding hydrogens is 270 g/mol. The van der Waals surface area contributed by atoms with Crippen molar-refractivity contribution in [2.45, 2.75) is 65.2 Å². The maximum atomic E-state index is 12.8. The van der Waals surface area contributed by atoms with E-state index >= 15 is 0 Å². The van der Waals surface area contributed by atoms with E-state index in [0.717, 1.165) is 0 Å². The predicted molar refractivity (Wildman–Crippen MR) is 77.2 cm³/mol.